The minimum Gasteiger partial charge on any atom is -0.481 e. The third kappa shape index (κ3) is 4.94. The SMILES string of the molecule is CCN1CC2N(C(=O)C3(C)CCC(C(=O)O)CC3)CCC2(Cc2ccc(F)cc2)c2ccc(C(C)(F)C(F)(F)F)cc21. The van der Waals surface area contributed by atoms with E-state index < -0.39 is 40.1 Å². The summed E-state index contributed by atoms with van der Waals surface area (Å²) in [4.78, 5) is 29.6. The molecule has 1 aliphatic carbocycles. The molecule has 5 nitrogen and oxygen atoms in total. The van der Waals surface area contributed by atoms with Crippen molar-refractivity contribution in [1.82, 2.24) is 4.90 Å². The predicted molar refractivity (Wildman–Crippen MR) is 148 cm³/mol. The van der Waals surface area contributed by atoms with Gasteiger partial charge in [0.25, 0.3) is 0 Å². The van der Waals surface area contributed by atoms with Crippen molar-refractivity contribution in [2.75, 3.05) is 24.5 Å². The lowest BCUT2D eigenvalue weighted by atomic mass is 9.66. The molecule has 0 bridgehead atoms. The number of aliphatic carboxylic acids is 1. The number of alkyl halides is 4. The molecule has 3 aliphatic rings. The van der Waals surface area contributed by atoms with E-state index in [2.05, 4.69) is 0 Å². The Bertz CT molecular complexity index is 1350. The van der Waals surface area contributed by atoms with Crippen molar-refractivity contribution < 1.29 is 36.6 Å². The summed E-state index contributed by atoms with van der Waals surface area (Å²) in [7, 11) is 0. The highest BCUT2D eigenvalue weighted by molar-refractivity contribution is 5.84. The van der Waals surface area contributed by atoms with Gasteiger partial charge in [0.2, 0.25) is 11.6 Å². The summed E-state index contributed by atoms with van der Waals surface area (Å²) in [6, 6.07) is 9.85. The van der Waals surface area contributed by atoms with Gasteiger partial charge >= 0.3 is 12.1 Å². The van der Waals surface area contributed by atoms with Crippen LogP contribution in [0.5, 0.6) is 0 Å². The smallest absolute Gasteiger partial charge is 0.426 e. The maximum Gasteiger partial charge on any atom is 0.426 e. The molecule has 1 saturated carbocycles. The summed E-state index contributed by atoms with van der Waals surface area (Å²) in [5.41, 5.74) is -3.32. The number of amides is 1. The molecule has 2 aromatic carbocycles. The van der Waals surface area contributed by atoms with Crippen molar-refractivity contribution in [3.63, 3.8) is 0 Å². The Balaban J connectivity index is 1.58. The molecule has 0 spiro atoms. The average Bonchev–Trinajstić information content (AvgIpc) is 3.31. The monoisotopic (exact) mass is 592 g/mol. The number of carboxylic acids is 1. The molecule has 3 unspecified atom stereocenters. The van der Waals surface area contributed by atoms with Crippen molar-refractivity contribution in [1.29, 1.82) is 0 Å². The Morgan fingerprint density at radius 3 is 2.24 bits per heavy atom. The Hall–Kier alpha value is -3.17. The fourth-order valence-electron chi connectivity index (χ4n) is 7.38. The van der Waals surface area contributed by atoms with Crippen molar-refractivity contribution in [2.45, 2.75) is 82.6 Å². The molecule has 2 aliphatic heterocycles. The van der Waals surface area contributed by atoms with Crippen molar-refractivity contribution >= 4 is 17.6 Å². The molecule has 2 fully saturated rings. The van der Waals surface area contributed by atoms with Gasteiger partial charge in [-0.2, -0.15) is 13.2 Å². The second-order valence-electron chi connectivity index (χ2n) is 12.7. The molecule has 228 valence electrons. The molecule has 5 rings (SSSR count). The van der Waals surface area contributed by atoms with E-state index in [9.17, 15) is 32.3 Å². The van der Waals surface area contributed by atoms with Crippen LogP contribution >= 0.6 is 0 Å². The van der Waals surface area contributed by atoms with Gasteiger partial charge in [-0.15, -0.1) is 0 Å². The Kier molecular flexibility index (Phi) is 7.59. The van der Waals surface area contributed by atoms with E-state index in [1.54, 1.807) is 18.2 Å². The number of carbonyl (C=O) groups is 2. The third-order valence-electron chi connectivity index (χ3n) is 10.2. The molecule has 1 saturated heterocycles. The first-order chi connectivity index (χ1) is 19.6. The largest absolute Gasteiger partial charge is 0.481 e. The fraction of sp³-hybridized carbons (Fsp3) is 0.562. The van der Waals surface area contributed by atoms with Gasteiger partial charge in [-0.1, -0.05) is 31.2 Å². The maximum atomic E-state index is 15.1. The van der Waals surface area contributed by atoms with E-state index in [0.717, 1.165) is 11.1 Å². The van der Waals surface area contributed by atoms with Gasteiger partial charge in [0.05, 0.1) is 12.0 Å². The van der Waals surface area contributed by atoms with Crippen LogP contribution in [0.2, 0.25) is 0 Å². The zero-order chi connectivity index (χ0) is 30.7. The summed E-state index contributed by atoms with van der Waals surface area (Å²) in [5.74, 6) is -1.74. The lowest BCUT2D eigenvalue weighted by molar-refractivity contribution is -0.228. The van der Waals surface area contributed by atoms with Crippen LogP contribution in [0.25, 0.3) is 0 Å². The molecule has 1 amide bonds. The summed E-state index contributed by atoms with van der Waals surface area (Å²) in [5, 5.41) is 9.46. The summed E-state index contributed by atoms with van der Waals surface area (Å²) >= 11 is 0. The average molecular weight is 593 g/mol. The van der Waals surface area contributed by atoms with E-state index in [0.29, 0.717) is 70.8 Å². The summed E-state index contributed by atoms with van der Waals surface area (Å²) < 4.78 is 69.9. The van der Waals surface area contributed by atoms with Gasteiger partial charge in [-0.05, 0) is 81.7 Å². The van der Waals surface area contributed by atoms with Crippen LogP contribution in [0.15, 0.2) is 42.5 Å². The van der Waals surface area contributed by atoms with Crippen molar-refractivity contribution in [3.8, 4) is 0 Å². The van der Waals surface area contributed by atoms with Gasteiger partial charge in [0.1, 0.15) is 5.82 Å². The molecule has 42 heavy (non-hydrogen) atoms. The molecule has 2 heterocycles. The summed E-state index contributed by atoms with van der Waals surface area (Å²) in [6.45, 7) is 5.51. The molecule has 1 N–H and O–H groups in total. The van der Waals surface area contributed by atoms with Crippen LogP contribution in [-0.2, 0) is 27.1 Å². The number of nitrogens with zero attached hydrogens (tertiary/aromatic N) is 2. The lowest BCUT2D eigenvalue weighted by Gasteiger charge is -2.49. The number of rotatable bonds is 6. The zero-order valence-electron chi connectivity index (χ0n) is 24.1. The Morgan fingerprint density at radius 1 is 1.02 bits per heavy atom. The molecular formula is C32H37F5N2O3. The topological polar surface area (TPSA) is 60.9 Å². The molecule has 2 aromatic rings. The number of hydrogen-bond acceptors (Lipinski definition) is 3. The van der Waals surface area contributed by atoms with E-state index >= 15 is 4.39 Å². The van der Waals surface area contributed by atoms with Gasteiger partial charge in [-0.25, -0.2) is 8.78 Å². The Labute approximate surface area is 242 Å². The highest BCUT2D eigenvalue weighted by atomic mass is 19.4. The number of anilines is 1. The molecule has 0 aromatic heterocycles. The van der Waals surface area contributed by atoms with Gasteiger partial charge < -0.3 is 14.9 Å². The van der Waals surface area contributed by atoms with E-state index in [1.165, 1.54) is 24.3 Å². The van der Waals surface area contributed by atoms with Crippen LogP contribution in [0.4, 0.5) is 27.6 Å². The number of halogens is 5. The standard InChI is InChI=1S/C32H37F5N2O3/c1-4-38-19-26-31(18-20-5-8-23(33)9-6-20,24-10-7-22(17-25(24)38)30(3,34)32(35,36)37)15-16-39(26)28(42)29(2)13-11-21(12-14-29)27(40)41/h5-10,17,21,26H,4,11-16,18-19H2,1-3H3,(H,40,41). The number of likely N-dealkylation sites (N-methyl/N-ethyl adjacent to an activating group) is 1. The molecule has 3 atom stereocenters. The van der Waals surface area contributed by atoms with Gasteiger partial charge in [0, 0.05) is 41.7 Å². The zero-order valence-corrected chi connectivity index (χ0v) is 24.1. The van der Waals surface area contributed by atoms with E-state index in [4.69, 9.17) is 0 Å². The normalized spacial score (nSPS) is 29.0. The van der Waals surface area contributed by atoms with E-state index in [-0.39, 0.29) is 17.8 Å². The first-order valence-corrected chi connectivity index (χ1v) is 14.6. The van der Waals surface area contributed by atoms with Crippen LogP contribution in [0, 0.1) is 17.2 Å². The van der Waals surface area contributed by atoms with Crippen LogP contribution < -0.4 is 4.90 Å². The highest BCUT2D eigenvalue weighted by Crippen LogP contribution is 2.53. The lowest BCUT2D eigenvalue weighted by Crippen LogP contribution is -2.58. The first-order valence-electron chi connectivity index (χ1n) is 14.6. The maximum absolute atomic E-state index is 15.1. The predicted octanol–water partition coefficient (Wildman–Crippen LogP) is 6.78. The quantitative estimate of drug-likeness (QED) is 0.376. The second kappa shape index (κ2) is 10.5. The van der Waals surface area contributed by atoms with E-state index in [1.807, 2.05) is 23.6 Å². The number of fused-ring (bicyclic) bond motifs is 3. The molecular weight excluding hydrogens is 555 g/mol. The van der Waals surface area contributed by atoms with Crippen molar-refractivity contribution in [3.05, 3.63) is 65.0 Å². The molecule has 0 radical (unpaired) electrons. The number of hydrogen-bond donors (Lipinski definition) is 1. The van der Waals surface area contributed by atoms with Gasteiger partial charge in [-0.3, -0.25) is 9.59 Å². The fourth-order valence-corrected chi connectivity index (χ4v) is 7.38. The van der Waals surface area contributed by atoms with Crippen LogP contribution in [0.3, 0.4) is 0 Å². The minimum atomic E-state index is -5.09. The van der Waals surface area contributed by atoms with Gasteiger partial charge in [0.15, 0.2) is 0 Å². The number of carbonyl (C=O) groups excluding carboxylic acids is 1. The summed E-state index contributed by atoms with van der Waals surface area (Å²) in [6.07, 6.45) is -2.37. The number of likely N-dealkylation sites (tertiary alicyclic amines) is 1. The highest BCUT2D eigenvalue weighted by Gasteiger charge is 2.58. The minimum absolute atomic E-state index is 0.0400. The second-order valence-corrected chi connectivity index (χ2v) is 12.7. The van der Waals surface area contributed by atoms with Crippen LogP contribution in [-0.4, -0.2) is 53.7 Å². The Morgan fingerprint density at radius 2 is 1.67 bits per heavy atom. The molecule has 10 heteroatoms. The first kappa shape index (κ1) is 30.3. The number of benzene rings is 2. The number of carboxylic acid groups (broad SMARTS) is 1. The van der Waals surface area contributed by atoms with Crippen molar-refractivity contribution in [2.24, 2.45) is 11.3 Å². The third-order valence-corrected chi connectivity index (χ3v) is 10.2. The van der Waals surface area contributed by atoms with Crippen LogP contribution in [0.1, 0.15) is 69.6 Å².